The molecule has 2 rings (SSSR count). The van der Waals surface area contributed by atoms with Gasteiger partial charge in [-0.15, -0.1) is 0 Å². The van der Waals surface area contributed by atoms with Gasteiger partial charge in [0.1, 0.15) is 5.69 Å². The molecule has 0 atom stereocenters. The fourth-order valence-corrected chi connectivity index (χ4v) is 2.66. The lowest BCUT2D eigenvalue weighted by Crippen LogP contribution is -2.35. The number of aromatic nitrogens is 1. The summed E-state index contributed by atoms with van der Waals surface area (Å²) >= 11 is 0. The molecule has 0 aliphatic heterocycles. The summed E-state index contributed by atoms with van der Waals surface area (Å²) in [5.41, 5.74) is 6.25. The molecule has 1 fully saturated rings. The van der Waals surface area contributed by atoms with Gasteiger partial charge < -0.3 is 16.2 Å². The maximum absolute atomic E-state index is 11.1. The number of nitrogens with zero attached hydrogens (tertiary/aromatic N) is 1. The summed E-state index contributed by atoms with van der Waals surface area (Å²) in [4.78, 5) is 15.0. The summed E-state index contributed by atoms with van der Waals surface area (Å²) in [6.45, 7) is 0.916. The summed E-state index contributed by atoms with van der Waals surface area (Å²) in [5, 5.41) is 12.9. The van der Waals surface area contributed by atoms with E-state index in [0.717, 1.165) is 18.5 Å². The van der Waals surface area contributed by atoms with Crippen LogP contribution in [0.25, 0.3) is 0 Å². The van der Waals surface area contributed by atoms with Crippen molar-refractivity contribution < 1.29 is 9.90 Å². The van der Waals surface area contributed by atoms with Crippen LogP contribution in [0.4, 0.5) is 5.69 Å². The summed E-state index contributed by atoms with van der Waals surface area (Å²) in [7, 11) is 0. The van der Waals surface area contributed by atoms with Gasteiger partial charge in [0.2, 0.25) is 0 Å². The van der Waals surface area contributed by atoms with Crippen LogP contribution in [0, 0.1) is 5.41 Å². The van der Waals surface area contributed by atoms with Crippen LogP contribution in [0.15, 0.2) is 18.3 Å². The zero-order chi connectivity index (χ0) is 13.7. The Morgan fingerprint density at radius 2 is 2.16 bits per heavy atom. The molecule has 5 heteroatoms. The van der Waals surface area contributed by atoms with Crippen LogP contribution in [-0.4, -0.2) is 29.1 Å². The van der Waals surface area contributed by atoms with Crippen LogP contribution in [0.3, 0.4) is 0 Å². The molecule has 0 spiro atoms. The van der Waals surface area contributed by atoms with Gasteiger partial charge in [-0.25, -0.2) is 0 Å². The highest BCUT2D eigenvalue weighted by molar-refractivity contribution is 5.91. The fraction of sp³-hybridized carbons (Fsp3) is 0.571. The Morgan fingerprint density at radius 1 is 1.42 bits per heavy atom. The third-order valence-corrected chi connectivity index (χ3v) is 3.93. The van der Waals surface area contributed by atoms with Gasteiger partial charge >= 0.3 is 0 Å². The number of rotatable bonds is 5. The Bertz CT molecular complexity index is 442. The lowest BCUT2D eigenvalue weighted by Gasteiger charge is -2.36. The maximum atomic E-state index is 11.1. The van der Waals surface area contributed by atoms with Crippen molar-refractivity contribution in [2.45, 2.75) is 32.1 Å². The molecule has 0 radical (unpaired) electrons. The van der Waals surface area contributed by atoms with Crippen LogP contribution in [0.5, 0.6) is 0 Å². The minimum absolute atomic E-state index is 0.0333. The normalized spacial score (nSPS) is 17.9. The quantitative estimate of drug-likeness (QED) is 0.751. The Morgan fingerprint density at radius 3 is 2.79 bits per heavy atom. The number of nitrogens with two attached hydrogens (primary N) is 1. The summed E-state index contributed by atoms with van der Waals surface area (Å²) in [6, 6.07) is 3.45. The largest absolute Gasteiger partial charge is 0.396 e. The monoisotopic (exact) mass is 263 g/mol. The van der Waals surface area contributed by atoms with Crippen molar-refractivity contribution in [3.63, 3.8) is 0 Å². The Kier molecular flexibility index (Phi) is 4.37. The van der Waals surface area contributed by atoms with Crippen molar-refractivity contribution >= 4 is 11.6 Å². The van der Waals surface area contributed by atoms with E-state index < -0.39 is 5.91 Å². The average molecular weight is 263 g/mol. The zero-order valence-corrected chi connectivity index (χ0v) is 11.1. The van der Waals surface area contributed by atoms with Crippen LogP contribution >= 0.6 is 0 Å². The Balaban J connectivity index is 2.00. The fourth-order valence-electron chi connectivity index (χ4n) is 2.66. The number of aliphatic hydroxyl groups is 1. The Hall–Kier alpha value is -1.62. The summed E-state index contributed by atoms with van der Waals surface area (Å²) < 4.78 is 0. The second kappa shape index (κ2) is 6.02. The molecule has 1 aromatic heterocycles. The van der Waals surface area contributed by atoms with Crippen molar-refractivity contribution in [3.05, 3.63) is 24.0 Å². The topological polar surface area (TPSA) is 88.2 Å². The highest BCUT2D eigenvalue weighted by atomic mass is 16.3. The molecule has 1 aliphatic rings. The molecule has 1 aromatic rings. The molecule has 0 bridgehead atoms. The standard InChI is InChI=1S/C14H21N3O2/c15-13(19)12-8-11(4-7-16-12)17-9-14(10-18)5-2-1-3-6-14/h4,7-8,18H,1-3,5-6,9-10H2,(H2,15,19)(H,16,17). The second-order valence-electron chi connectivity index (χ2n) is 5.37. The molecule has 5 nitrogen and oxygen atoms in total. The molecule has 1 amide bonds. The Labute approximate surface area is 113 Å². The number of hydrogen-bond acceptors (Lipinski definition) is 4. The van der Waals surface area contributed by atoms with E-state index in [1.807, 2.05) is 0 Å². The number of aliphatic hydroxyl groups excluding tert-OH is 1. The molecule has 0 saturated heterocycles. The number of carbonyl (C=O) groups excluding carboxylic acids is 1. The lowest BCUT2D eigenvalue weighted by molar-refractivity contribution is 0.0943. The molecular formula is C14H21N3O2. The van der Waals surface area contributed by atoms with E-state index in [4.69, 9.17) is 5.73 Å². The van der Waals surface area contributed by atoms with Crippen molar-refractivity contribution in [2.24, 2.45) is 11.1 Å². The third-order valence-electron chi connectivity index (χ3n) is 3.93. The van der Waals surface area contributed by atoms with E-state index in [1.165, 1.54) is 19.3 Å². The average Bonchev–Trinajstić information content (AvgIpc) is 2.46. The minimum Gasteiger partial charge on any atom is -0.396 e. The van der Waals surface area contributed by atoms with Gasteiger partial charge in [0.05, 0.1) is 6.61 Å². The van der Waals surface area contributed by atoms with E-state index in [2.05, 4.69) is 10.3 Å². The van der Waals surface area contributed by atoms with Gasteiger partial charge in [0.15, 0.2) is 0 Å². The van der Waals surface area contributed by atoms with Gasteiger partial charge in [0, 0.05) is 23.8 Å². The highest BCUT2D eigenvalue weighted by Crippen LogP contribution is 2.35. The minimum atomic E-state index is -0.529. The van der Waals surface area contributed by atoms with Gasteiger partial charge in [0.25, 0.3) is 5.91 Å². The number of anilines is 1. The molecule has 19 heavy (non-hydrogen) atoms. The molecule has 4 N–H and O–H groups in total. The first-order chi connectivity index (χ1) is 9.15. The number of nitrogens with one attached hydrogen (secondary N) is 1. The molecule has 0 unspecified atom stereocenters. The van der Waals surface area contributed by atoms with Crippen LogP contribution in [-0.2, 0) is 0 Å². The summed E-state index contributed by atoms with van der Waals surface area (Å²) in [5.74, 6) is -0.529. The lowest BCUT2D eigenvalue weighted by atomic mass is 9.74. The molecule has 0 aromatic carbocycles. The van der Waals surface area contributed by atoms with E-state index in [1.54, 1.807) is 18.3 Å². The predicted molar refractivity (Wildman–Crippen MR) is 73.8 cm³/mol. The van der Waals surface area contributed by atoms with Gasteiger partial charge in [-0.1, -0.05) is 19.3 Å². The van der Waals surface area contributed by atoms with Crippen molar-refractivity contribution in [2.75, 3.05) is 18.5 Å². The zero-order valence-electron chi connectivity index (χ0n) is 11.1. The SMILES string of the molecule is NC(=O)c1cc(NCC2(CO)CCCCC2)ccn1. The van der Waals surface area contributed by atoms with Gasteiger partial charge in [-0.2, -0.15) is 0 Å². The molecule has 1 saturated carbocycles. The predicted octanol–water partition coefficient (Wildman–Crippen LogP) is 1.54. The molecular weight excluding hydrogens is 242 g/mol. The first-order valence-corrected chi connectivity index (χ1v) is 6.76. The van der Waals surface area contributed by atoms with Gasteiger partial charge in [-0.3, -0.25) is 9.78 Å². The first kappa shape index (κ1) is 13.8. The van der Waals surface area contributed by atoms with Crippen molar-refractivity contribution in [1.29, 1.82) is 0 Å². The van der Waals surface area contributed by atoms with Crippen LogP contribution in [0.2, 0.25) is 0 Å². The number of carbonyl (C=O) groups is 1. The van der Waals surface area contributed by atoms with E-state index in [9.17, 15) is 9.90 Å². The number of primary amides is 1. The molecule has 1 aliphatic carbocycles. The van der Waals surface area contributed by atoms with Gasteiger partial charge in [-0.05, 0) is 25.0 Å². The van der Waals surface area contributed by atoms with Crippen LogP contribution in [0.1, 0.15) is 42.6 Å². The van der Waals surface area contributed by atoms with Crippen LogP contribution < -0.4 is 11.1 Å². The first-order valence-electron chi connectivity index (χ1n) is 6.76. The van der Waals surface area contributed by atoms with E-state index in [0.29, 0.717) is 6.54 Å². The highest BCUT2D eigenvalue weighted by Gasteiger charge is 2.31. The second-order valence-corrected chi connectivity index (χ2v) is 5.37. The number of hydrogen-bond donors (Lipinski definition) is 3. The maximum Gasteiger partial charge on any atom is 0.267 e. The van der Waals surface area contributed by atoms with Crippen molar-refractivity contribution in [1.82, 2.24) is 4.98 Å². The smallest absolute Gasteiger partial charge is 0.267 e. The molecule has 1 heterocycles. The van der Waals surface area contributed by atoms with E-state index >= 15 is 0 Å². The van der Waals surface area contributed by atoms with Crippen molar-refractivity contribution in [3.8, 4) is 0 Å². The summed E-state index contributed by atoms with van der Waals surface area (Å²) in [6.07, 6.45) is 7.25. The number of pyridine rings is 1. The number of amides is 1. The third kappa shape index (κ3) is 3.44. The molecule has 104 valence electrons. The van der Waals surface area contributed by atoms with E-state index in [-0.39, 0.29) is 17.7 Å².